The van der Waals surface area contributed by atoms with Crippen molar-refractivity contribution in [3.8, 4) is 78.6 Å². The van der Waals surface area contributed by atoms with Crippen LogP contribution in [0.15, 0.2) is 285 Å². The van der Waals surface area contributed by atoms with Gasteiger partial charge >= 0.3 is 0 Å². The van der Waals surface area contributed by atoms with Gasteiger partial charge in [-0.05, 0) is 137 Å². The maximum Gasteiger partial charge on any atom is 0.194 e. The molecule has 360 valence electrons. The molecule has 0 amide bonds. The van der Waals surface area contributed by atoms with Crippen LogP contribution in [0.1, 0.15) is 44.5 Å². The van der Waals surface area contributed by atoms with Gasteiger partial charge in [-0.25, -0.2) is 0 Å². The molecule has 0 bridgehead atoms. The molecule has 0 N–H and O–H groups in total. The van der Waals surface area contributed by atoms with E-state index in [-0.39, 0.29) is 0 Å². The van der Waals surface area contributed by atoms with Crippen LogP contribution in [0.25, 0.3) is 55.6 Å². The maximum atomic E-state index is 7.53. The molecule has 0 atom stereocenters. The van der Waals surface area contributed by atoms with Gasteiger partial charge in [0.2, 0.25) is 0 Å². The molecule has 3 aliphatic carbocycles. The fourth-order valence-electron chi connectivity index (χ4n) is 13.8. The summed E-state index contributed by atoms with van der Waals surface area (Å²) in [6.07, 6.45) is 0. The van der Waals surface area contributed by atoms with Gasteiger partial charge < -0.3 is 14.4 Å². The third kappa shape index (κ3) is 6.08. The van der Waals surface area contributed by atoms with Crippen molar-refractivity contribution in [3.63, 3.8) is 0 Å². The topological polar surface area (TPSA) is 21.7 Å². The molecule has 12 aromatic carbocycles. The second-order valence-corrected chi connectivity index (χ2v) is 20.6. The van der Waals surface area contributed by atoms with E-state index in [1.165, 1.54) is 72.3 Å². The fraction of sp³-hybridized carbons (Fsp3) is 0.0270. The molecule has 4 aliphatic rings. The van der Waals surface area contributed by atoms with Crippen LogP contribution in [0.2, 0.25) is 0 Å². The van der Waals surface area contributed by atoms with Crippen molar-refractivity contribution in [2.24, 2.45) is 0 Å². The molecule has 0 radical (unpaired) electrons. The monoisotopic (exact) mass is 981 g/mol. The van der Waals surface area contributed by atoms with Gasteiger partial charge in [-0.2, -0.15) is 0 Å². The second kappa shape index (κ2) is 16.8. The highest BCUT2D eigenvalue weighted by Gasteiger charge is 2.53. The Hall–Kier alpha value is -9.96. The minimum Gasteiger partial charge on any atom is -0.449 e. The largest absolute Gasteiger partial charge is 0.449 e. The SMILES string of the molecule is c1ccc(-c2cccc(N(c3ccc(-c4cccc5c4-c4ccccc4C5(c4ccccc4)c4ccccc4)cc3)c3cccc4c3Oc3c(ccc5c3-c3ccccc3C53c5ccccc5-c5ccccc53)O4)c2)cc1. The predicted molar refractivity (Wildman–Crippen MR) is 312 cm³/mol. The summed E-state index contributed by atoms with van der Waals surface area (Å²) in [5.41, 5.74) is 23.8. The van der Waals surface area contributed by atoms with Crippen LogP contribution in [-0.2, 0) is 10.8 Å². The lowest BCUT2D eigenvalue weighted by Crippen LogP contribution is -2.28. The molecule has 0 fully saturated rings. The van der Waals surface area contributed by atoms with E-state index >= 15 is 0 Å². The van der Waals surface area contributed by atoms with Gasteiger partial charge in [-0.1, -0.05) is 243 Å². The van der Waals surface area contributed by atoms with Crippen molar-refractivity contribution in [1.82, 2.24) is 0 Å². The van der Waals surface area contributed by atoms with Crippen molar-refractivity contribution in [2.45, 2.75) is 10.8 Å². The Balaban J connectivity index is 0.863. The highest BCUT2D eigenvalue weighted by atomic mass is 16.6. The van der Waals surface area contributed by atoms with E-state index in [9.17, 15) is 0 Å². The summed E-state index contributed by atoms with van der Waals surface area (Å²) in [5.74, 6) is 2.74. The number of ether oxygens (including phenoxy) is 2. The molecule has 0 unspecified atom stereocenters. The number of para-hydroxylation sites is 1. The number of fused-ring (bicyclic) bond motifs is 16. The Kier molecular flexibility index (Phi) is 9.47. The van der Waals surface area contributed by atoms with Gasteiger partial charge in [0.05, 0.1) is 16.5 Å². The zero-order valence-electron chi connectivity index (χ0n) is 41.9. The normalized spacial score (nSPS) is 13.9. The van der Waals surface area contributed by atoms with Gasteiger partial charge in [-0.3, -0.25) is 0 Å². The average Bonchev–Trinajstić information content (AvgIpc) is 4.29. The van der Waals surface area contributed by atoms with Crippen molar-refractivity contribution >= 4 is 17.1 Å². The minimum absolute atomic E-state index is 0.493. The first kappa shape index (κ1) is 43.4. The fourth-order valence-corrected chi connectivity index (χ4v) is 13.8. The summed E-state index contributed by atoms with van der Waals surface area (Å²) in [7, 11) is 0. The quantitative estimate of drug-likeness (QED) is 0.159. The molecule has 1 spiro atoms. The van der Waals surface area contributed by atoms with Gasteiger partial charge in [0.15, 0.2) is 23.0 Å². The molecular formula is C74H47NO2. The van der Waals surface area contributed by atoms with Gasteiger partial charge in [-0.15, -0.1) is 0 Å². The summed E-state index contributed by atoms with van der Waals surface area (Å²) in [5, 5.41) is 0. The first-order chi connectivity index (χ1) is 38.2. The van der Waals surface area contributed by atoms with Crippen LogP contribution in [-0.4, -0.2) is 0 Å². The van der Waals surface area contributed by atoms with E-state index in [4.69, 9.17) is 9.47 Å². The molecule has 0 aromatic heterocycles. The van der Waals surface area contributed by atoms with Crippen LogP contribution in [0.3, 0.4) is 0 Å². The average molecular weight is 982 g/mol. The van der Waals surface area contributed by atoms with Gasteiger partial charge in [0.25, 0.3) is 0 Å². The first-order valence-electron chi connectivity index (χ1n) is 26.6. The molecule has 77 heavy (non-hydrogen) atoms. The van der Waals surface area contributed by atoms with Crippen molar-refractivity contribution in [2.75, 3.05) is 4.90 Å². The number of nitrogens with zero attached hydrogens (tertiary/aromatic N) is 1. The van der Waals surface area contributed by atoms with E-state index in [2.05, 4.69) is 284 Å². The Morgan fingerprint density at radius 1 is 0.260 bits per heavy atom. The van der Waals surface area contributed by atoms with Crippen LogP contribution in [0.5, 0.6) is 23.0 Å². The lowest BCUT2D eigenvalue weighted by atomic mass is 9.67. The van der Waals surface area contributed by atoms with Crippen LogP contribution in [0.4, 0.5) is 17.1 Å². The van der Waals surface area contributed by atoms with Gasteiger partial charge in [0.1, 0.15) is 0 Å². The summed E-state index contributed by atoms with van der Waals surface area (Å²) < 4.78 is 14.6. The zero-order valence-corrected chi connectivity index (χ0v) is 41.9. The standard InChI is InChI=1S/C74H47NO2/c1-4-21-48(22-5-1)50-23-18-28-54(47-50)75(53-43-41-49(42-44-53)55-33-19-38-64-69(55)58-31-12-16-36-62(58)73(64,51-24-6-2-7-25-51)52-26-8-3-9-27-52)66-39-20-40-67-71(66)77-72-68(76-67)46-45-65-70(72)59-32-13-17-37-63(59)74(65)60-34-14-10-29-56(60)57-30-11-15-35-61(57)74/h1-47H. The van der Waals surface area contributed by atoms with E-state index < -0.39 is 10.8 Å². The van der Waals surface area contributed by atoms with E-state index in [0.717, 1.165) is 50.6 Å². The lowest BCUT2D eigenvalue weighted by Gasteiger charge is -2.34. The third-order valence-electron chi connectivity index (χ3n) is 16.8. The van der Waals surface area contributed by atoms with Crippen LogP contribution >= 0.6 is 0 Å². The number of anilines is 3. The van der Waals surface area contributed by atoms with Gasteiger partial charge in [0, 0.05) is 16.9 Å². The highest BCUT2D eigenvalue weighted by molar-refractivity contribution is 5.99. The number of hydrogen-bond donors (Lipinski definition) is 0. The summed E-state index contributed by atoms with van der Waals surface area (Å²) in [4.78, 5) is 2.33. The van der Waals surface area contributed by atoms with Crippen molar-refractivity contribution in [3.05, 3.63) is 330 Å². The molecule has 0 saturated heterocycles. The third-order valence-corrected chi connectivity index (χ3v) is 16.8. The number of benzene rings is 12. The molecule has 12 aromatic rings. The highest BCUT2D eigenvalue weighted by Crippen LogP contribution is 2.67. The summed E-state index contributed by atoms with van der Waals surface area (Å²) in [6, 6.07) is 104. The van der Waals surface area contributed by atoms with E-state index in [1.807, 2.05) is 6.07 Å². The molecule has 1 aliphatic heterocycles. The Morgan fingerprint density at radius 2 is 0.740 bits per heavy atom. The zero-order chi connectivity index (χ0) is 50.7. The van der Waals surface area contributed by atoms with Crippen molar-refractivity contribution < 1.29 is 9.47 Å². The summed E-state index contributed by atoms with van der Waals surface area (Å²) in [6.45, 7) is 0. The van der Waals surface area contributed by atoms with E-state index in [0.29, 0.717) is 17.2 Å². The van der Waals surface area contributed by atoms with Crippen LogP contribution < -0.4 is 14.4 Å². The number of hydrogen-bond acceptors (Lipinski definition) is 3. The maximum absolute atomic E-state index is 7.53. The smallest absolute Gasteiger partial charge is 0.194 e. The predicted octanol–water partition coefficient (Wildman–Crippen LogP) is 19.1. The second-order valence-electron chi connectivity index (χ2n) is 20.6. The molecule has 3 heteroatoms. The van der Waals surface area contributed by atoms with Crippen molar-refractivity contribution in [1.29, 1.82) is 0 Å². The first-order valence-corrected chi connectivity index (χ1v) is 26.6. The molecule has 16 rings (SSSR count). The van der Waals surface area contributed by atoms with Crippen LogP contribution in [0, 0.1) is 0 Å². The Bertz CT molecular complexity index is 4250. The molecule has 0 saturated carbocycles. The Labute approximate surface area is 448 Å². The Morgan fingerprint density at radius 3 is 1.40 bits per heavy atom. The lowest BCUT2D eigenvalue weighted by molar-refractivity contribution is 0.361. The molecule has 3 nitrogen and oxygen atoms in total. The molecule has 1 heterocycles. The number of rotatable bonds is 7. The minimum atomic E-state index is -0.519. The summed E-state index contributed by atoms with van der Waals surface area (Å²) >= 11 is 0. The molecular weight excluding hydrogens is 935 g/mol. The van der Waals surface area contributed by atoms with E-state index in [1.54, 1.807) is 0 Å².